The molecule has 0 radical (unpaired) electrons. The highest BCUT2D eigenvalue weighted by molar-refractivity contribution is 6.30. The summed E-state index contributed by atoms with van der Waals surface area (Å²) in [6.07, 6.45) is 5.91. The summed E-state index contributed by atoms with van der Waals surface area (Å²) in [6, 6.07) is 29.5. The van der Waals surface area contributed by atoms with Gasteiger partial charge in [-0.15, -0.1) is 0 Å². The average Bonchev–Trinajstić information content (AvgIpc) is 3.67. The fourth-order valence-corrected chi connectivity index (χ4v) is 10.2. The van der Waals surface area contributed by atoms with Crippen LogP contribution in [0.3, 0.4) is 0 Å². The molecule has 5 aromatic rings. The van der Waals surface area contributed by atoms with Gasteiger partial charge in [0.05, 0.1) is 55.9 Å². The largest absolute Gasteiger partial charge is 0.504 e. The number of allylic oxidation sites excluding steroid dienone is 2. The third-order valence-corrected chi connectivity index (χ3v) is 13.1. The van der Waals surface area contributed by atoms with Crippen LogP contribution in [0, 0.1) is 29.5 Å². The number of benzene rings is 5. The first-order chi connectivity index (χ1) is 30.0. The molecule has 1 saturated carbocycles. The number of phenols is 1. The molecule has 4 aliphatic rings. The molecular formula is C49H41ClFN3O8. The Morgan fingerprint density at radius 1 is 0.790 bits per heavy atom. The number of phenolic OH excluding ortho intramolecular Hbond substituents is 1. The van der Waals surface area contributed by atoms with Crippen LogP contribution in [0.2, 0.25) is 5.02 Å². The molecule has 314 valence electrons. The Balaban J connectivity index is 1.12. The van der Waals surface area contributed by atoms with Gasteiger partial charge in [-0.05, 0) is 103 Å². The van der Waals surface area contributed by atoms with Crippen LogP contribution in [0.15, 0.2) is 121 Å². The SMILES string of the molecule is COc1ccc(OC)c(C=Cc2ccc(N3C(=O)C4CC=C5C(CC6C(=O)N(Nc7ccc(F)cc7)C(=O)C6(c6ccc(Cl)cc6)C5c5cccc(OC)c5O)C4C3=O)cc2)c1. The number of rotatable bonds is 10. The van der Waals surface area contributed by atoms with Crippen molar-refractivity contribution in [3.05, 3.63) is 154 Å². The van der Waals surface area contributed by atoms with Crippen molar-refractivity contribution in [2.24, 2.45) is 23.7 Å². The number of amides is 4. The summed E-state index contributed by atoms with van der Waals surface area (Å²) >= 11 is 6.40. The first-order valence-electron chi connectivity index (χ1n) is 20.1. The van der Waals surface area contributed by atoms with E-state index in [2.05, 4.69) is 5.43 Å². The Labute approximate surface area is 361 Å². The Kier molecular flexibility index (Phi) is 10.3. The number of para-hydroxylation sites is 1. The highest BCUT2D eigenvalue weighted by Crippen LogP contribution is 2.65. The predicted molar refractivity (Wildman–Crippen MR) is 231 cm³/mol. The number of halogens is 2. The van der Waals surface area contributed by atoms with Crippen LogP contribution < -0.4 is 24.5 Å². The van der Waals surface area contributed by atoms with Gasteiger partial charge in [0, 0.05) is 22.1 Å². The van der Waals surface area contributed by atoms with E-state index in [1.807, 2.05) is 48.6 Å². The highest BCUT2D eigenvalue weighted by atomic mass is 35.5. The number of nitrogens with one attached hydrogen (secondary N) is 1. The number of aromatic hydroxyl groups is 1. The molecule has 2 N–H and O–H groups in total. The molecule has 2 saturated heterocycles. The van der Waals surface area contributed by atoms with Crippen LogP contribution in [-0.2, 0) is 24.6 Å². The third kappa shape index (κ3) is 6.39. The maximum absolute atomic E-state index is 15.4. The molecule has 9 rings (SSSR count). The normalized spacial score (nSPS) is 24.1. The predicted octanol–water partition coefficient (Wildman–Crippen LogP) is 8.57. The van der Waals surface area contributed by atoms with Gasteiger partial charge in [0.1, 0.15) is 17.3 Å². The average molecular weight is 854 g/mol. The van der Waals surface area contributed by atoms with Crippen LogP contribution in [0.25, 0.3) is 12.2 Å². The smallest absolute Gasteiger partial charge is 0.260 e. The van der Waals surface area contributed by atoms with Crippen molar-refractivity contribution in [2.45, 2.75) is 24.2 Å². The molecule has 62 heavy (non-hydrogen) atoms. The van der Waals surface area contributed by atoms with Gasteiger partial charge in [0.2, 0.25) is 11.8 Å². The van der Waals surface area contributed by atoms with Gasteiger partial charge in [-0.25, -0.2) is 4.39 Å². The maximum Gasteiger partial charge on any atom is 0.260 e. The number of fused-ring (bicyclic) bond motifs is 4. The van der Waals surface area contributed by atoms with Gasteiger partial charge < -0.3 is 19.3 Å². The lowest BCUT2D eigenvalue weighted by Crippen LogP contribution is -2.53. The lowest BCUT2D eigenvalue weighted by atomic mass is 9.49. The topological polar surface area (TPSA) is 135 Å². The number of carbonyl (C=O) groups excluding carboxylic acids is 4. The van der Waals surface area contributed by atoms with E-state index >= 15 is 4.79 Å². The molecule has 0 spiro atoms. The summed E-state index contributed by atoms with van der Waals surface area (Å²) in [5.74, 6) is -5.57. The number of hydrazine groups is 1. The molecule has 0 aromatic heterocycles. The molecule has 11 nitrogen and oxygen atoms in total. The number of hydrogen-bond acceptors (Lipinski definition) is 9. The lowest BCUT2D eigenvalue weighted by molar-refractivity contribution is -0.138. The zero-order valence-electron chi connectivity index (χ0n) is 33.9. The van der Waals surface area contributed by atoms with Crippen LogP contribution >= 0.6 is 11.6 Å². The van der Waals surface area contributed by atoms with E-state index in [4.69, 9.17) is 25.8 Å². The summed E-state index contributed by atoms with van der Waals surface area (Å²) in [5.41, 5.74) is 5.02. The first-order valence-corrected chi connectivity index (χ1v) is 20.5. The van der Waals surface area contributed by atoms with Crippen molar-refractivity contribution in [3.8, 4) is 23.0 Å². The highest BCUT2D eigenvalue weighted by Gasteiger charge is 2.70. The standard InChI is InChI=1S/C49H41ClFN3O8/c1-60-34-21-24-40(61-2)28(25-34)10-7-27-8-19-33(20-9-27)53-45(56)36-23-22-35-38(42(36)47(53)58)26-39-46(57)54(52-32-17-15-31(51)16-18-32)48(59)49(39,29-11-13-30(50)14-12-29)43(35)37-5-4-6-41(62-3)44(37)55/h4-22,24-25,36,38-39,42-43,52,55H,23,26H2,1-3H3. The van der Waals surface area contributed by atoms with E-state index in [0.717, 1.165) is 16.1 Å². The second kappa shape index (κ2) is 15.8. The quantitative estimate of drug-likeness (QED) is 0.0805. The van der Waals surface area contributed by atoms with Gasteiger partial charge in [0.25, 0.3) is 11.8 Å². The van der Waals surface area contributed by atoms with Gasteiger partial charge in [0.15, 0.2) is 11.5 Å². The third-order valence-electron chi connectivity index (χ3n) is 12.9. The molecular weight excluding hydrogens is 813 g/mol. The summed E-state index contributed by atoms with van der Waals surface area (Å²) in [5, 5.41) is 13.3. The zero-order valence-corrected chi connectivity index (χ0v) is 34.6. The molecule has 0 bridgehead atoms. The van der Waals surface area contributed by atoms with E-state index in [1.165, 1.54) is 36.3 Å². The zero-order chi connectivity index (χ0) is 43.4. The van der Waals surface area contributed by atoms with Gasteiger partial charge in [-0.3, -0.25) is 29.5 Å². The van der Waals surface area contributed by atoms with Crippen LogP contribution in [0.4, 0.5) is 15.8 Å². The van der Waals surface area contributed by atoms with Crippen molar-refractivity contribution < 1.29 is 42.9 Å². The van der Waals surface area contributed by atoms with Crippen molar-refractivity contribution >= 4 is 58.8 Å². The van der Waals surface area contributed by atoms with E-state index in [-0.39, 0.29) is 30.2 Å². The molecule has 6 unspecified atom stereocenters. The minimum atomic E-state index is -1.67. The van der Waals surface area contributed by atoms with E-state index in [1.54, 1.807) is 68.8 Å². The Bertz CT molecular complexity index is 2690. The summed E-state index contributed by atoms with van der Waals surface area (Å²) in [7, 11) is 4.60. The second-order valence-electron chi connectivity index (χ2n) is 15.8. The van der Waals surface area contributed by atoms with Crippen molar-refractivity contribution in [1.29, 1.82) is 0 Å². The summed E-state index contributed by atoms with van der Waals surface area (Å²) < 4.78 is 30.4. The lowest BCUT2D eigenvalue weighted by Gasteiger charge is -2.50. The summed E-state index contributed by atoms with van der Waals surface area (Å²) in [4.78, 5) is 60.8. The van der Waals surface area contributed by atoms with E-state index in [9.17, 15) is 23.9 Å². The Morgan fingerprint density at radius 2 is 1.52 bits per heavy atom. The van der Waals surface area contributed by atoms with Crippen molar-refractivity contribution in [2.75, 3.05) is 31.7 Å². The van der Waals surface area contributed by atoms with Crippen molar-refractivity contribution in [3.63, 3.8) is 0 Å². The minimum Gasteiger partial charge on any atom is -0.504 e. The Morgan fingerprint density at radius 3 is 2.21 bits per heavy atom. The van der Waals surface area contributed by atoms with Gasteiger partial charge >= 0.3 is 0 Å². The van der Waals surface area contributed by atoms with Crippen LogP contribution in [0.1, 0.15) is 41.0 Å². The minimum absolute atomic E-state index is 0.0351. The van der Waals surface area contributed by atoms with Crippen LogP contribution in [0.5, 0.6) is 23.0 Å². The van der Waals surface area contributed by atoms with E-state index in [0.29, 0.717) is 44.6 Å². The number of carbonyl (C=O) groups is 4. The number of hydrogen-bond donors (Lipinski definition) is 2. The second-order valence-corrected chi connectivity index (χ2v) is 16.3. The van der Waals surface area contributed by atoms with Gasteiger partial charge in [-0.2, -0.15) is 5.01 Å². The Hall–Kier alpha value is -6.92. The van der Waals surface area contributed by atoms with Crippen molar-refractivity contribution in [1.82, 2.24) is 5.01 Å². The molecule has 13 heteroatoms. The fourth-order valence-electron chi connectivity index (χ4n) is 10.1. The number of nitrogens with zero attached hydrogens (tertiary/aromatic N) is 2. The van der Waals surface area contributed by atoms with Gasteiger partial charge in [-0.1, -0.05) is 71.8 Å². The number of anilines is 2. The number of methoxy groups -OCH3 is 3. The molecule has 5 aromatic carbocycles. The molecule has 2 aliphatic carbocycles. The molecule has 6 atom stereocenters. The summed E-state index contributed by atoms with van der Waals surface area (Å²) in [6.45, 7) is 0. The van der Waals surface area contributed by atoms with E-state index < -0.39 is 58.5 Å². The first kappa shape index (κ1) is 40.5. The maximum atomic E-state index is 15.4. The molecule has 4 amide bonds. The molecule has 2 aliphatic heterocycles. The number of ether oxygens (including phenoxy) is 3. The molecule has 2 heterocycles. The monoisotopic (exact) mass is 853 g/mol. The fraction of sp³-hybridized carbons (Fsp3) is 0.224. The molecule has 3 fully saturated rings. The van der Waals surface area contributed by atoms with Crippen LogP contribution in [-0.4, -0.2) is 55.1 Å². The number of imide groups is 2.